The lowest BCUT2D eigenvalue weighted by Crippen LogP contribution is -2.27. The van der Waals surface area contributed by atoms with Gasteiger partial charge in [0, 0.05) is 24.0 Å². The first-order chi connectivity index (χ1) is 15.5. The number of benzene rings is 2. The summed E-state index contributed by atoms with van der Waals surface area (Å²) in [6.45, 7) is 3.79. The quantitative estimate of drug-likeness (QED) is 0.444. The predicted molar refractivity (Wildman–Crippen MR) is 116 cm³/mol. The first-order valence-electron chi connectivity index (χ1n) is 10.2. The Morgan fingerprint density at radius 1 is 1.12 bits per heavy atom. The molecular weight excluding hydrogens is 410 g/mol. The molecule has 4 rings (SSSR count). The van der Waals surface area contributed by atoms with Crippen LogP contribution in [0.5, 0.6) is 5.75 Å². The highest BCUT2D eigenvalue weighted by molar-refractivity contribution is 5.76. The molecule has 164 valence electrons. The number of aromatic nitrogens is 4. The molecule has 32 heavy (non-hydrogen) atoms. The molecular formula is C23H23N5O4. The monoisotopic (exact) mass is 433 g/mol. The summed E-state index contributed by atoms with van der Waals surface area (Å²) in [4.78, 5) is 16.7. The number of amides is 1. The van der Waals surface area contributed by atoms with Crippen molar-refractivity contribution in [3.05, 3.63) is 65.9 Å². The second-order valence-electron chi connectivity index (χ2n) is 7.34. The van der Waals surface area contributed by atoms with Crippen molar-refractivity contribution >= 4 is 5.91 Å². The summed E-state index contributed by atoms with van der Waals surface area (Å²) >= 11 is 0. The average molecular weight is 433 g/mol. The summed E-state index contributed by atoms with van der Waals surface area (Å²) in [5.74, 6) is 2.09. The van der Waals surface area contributed by atoms with Gasteiger partial charge < -0.3 is 19.0 Å². The first-order valence-corrected chi connectivity index (χ1v) is 10.2. The lowest BCUT2D eigenvalue weighted by molar-refractivity contribution is -0.121. The minimum absolute atomic E-state index is 0.186. The van der Waals surface area contributed by atoms with Gasteiger partial charge in [0.15, 0.2) is 0 Å². The lowest BCUT2D eigenvalue weighted by Gasteiger charge is -2.08. The molecule has 0 fully saturated rings. The molecule has 1 N–H and O–H groups in total. The van der Waals surface area contributed by atoms with Gasteiger partial charge in [0.2, 0.25) is 29.4 Å². The van der Waals surface area contributed by atoms with Crippen LogP contribution in [0, 0.1) is 6.92 Å². The minimum Gasteiger partial charge on any atom is -0.497 e. The molecule has 0 spiro atoms. The Morgan fingerprint density at radius 3 is 2.72 bits per heavy atom. The minimum atomic E-state index is -0.444. The third-order valence-electron chi connectivity index (χ3n) is 4.85. The van der Waals surface area contributed by atoms with Crippen molar-refractivity contribution in [2.75, 3.05) is 7.11 Å². The molecule has 0 aliphatic heterocycles. The maximum absolute atomic E-state index is 12.4. The molecule has 9 heteroatoms. The number of nitrogens with zero attached hydrogens (tertiary/aromatic N) is 4. The van der Waals surface area contributed by atoms with Crippen LogP contribution in [0.4, 0.5) is 0 Å². The normalized spacial score (nSPS) is 11.8. The number of carbonyl (C=O) groups is 1. The maximum atomic E-state index is 12.4. The summed E-state index contributed by atoms with van der Waals surface area (Å²) in [6, 6.07) is 14.7. The molecule has 2 heterocycles. The number of aryl methyl sites for hydroxylation is 2. The third-order valence-corrected chi connectivity index (χ3v) is 4.85. The molecule has 1 amide bonds. The highest BCUT2D eigenvalue weighted by atomic mass is 16.5. The van der Waals surface area contributed by atoms with Gasteiger partial charge in [-0.15, -0.1) is 10.2 Å². The van der Waals surface area contributed by atoms with E-state index >= 15 is 0 Å². The molecule has 4 aromatic rings. The van der Waals surface area contributed by atoms with E-state index in [1.54, 1.807) is 14.0 Å². The van der Waals surface area contributed by atoms with E-state index in [0.717, 1.165) is 16.7 Å². The summed E-state index contributed by atoms with van der Waals surface area (Å²) in [7, 11) is 1.59. The van der Waals surface area contributed by atoms with Crippen molar-refractivity contribution in [1.82, 2.24) is 25.7 Å². The molecule has 0 saturated heterocycles. The van der Waals surface area contributed by atoms with Gasteiger partial charge in [-0.25, -0.2) is 0 Å². The third kappa shape index (κ3) is 5.00. The summed E-state index contributed by atoms with van der Waals surface area (Å²) in [6.07, 6.45) is 0.521. The predicted octanol–water partition coefficient (Wildman–Crippen LogP) is 3.91. The Morgan fingerprint density at radius 2 is 1.94 bits per heavy atom. The summed E-state index contributed by atoms with van der Waals surface area (Å²) in [5, 5.41) is 14.9. The molecule has 9 nitrogen and oxygen atoms in total. The molecule has 0 saturated carbocycles. The Bertz CT molecular complexity index is 1200. The molecule has 0 aliphatic rings. The van der Waals surface area contributed by atoms with Crippen LogP contribution >= 0.6 is 0 Å². The van der Waals surface area contributed by atoms with E-state index in [-0.39, 0.29) is 12.3 Å². The van der Waals surface area contributed by atoms with Crippen LogP contribution in [0.1, 0.15) is 36.7 Å². The number of nitrogens with one attached hydrogen (secondary N) is 1. The van der Waals surface area contributed by atoms with Gasteiger partial charge in [0.05, 0.1) is 7.11 Å². The highest BCUT2D eigenvalue weighted by Gasteiger charge is 2.18. The summed E-state index contributed by atoms with van der Waals surface area (Å²) < 4.78 is 16.2. The van der Waals surface area contributed by atoms with E-state index in [4.69, 9.17) is 13.7 Å². The second kappa shape index (κ2) is 9.42. The van der Waals surface area contributed by atoms with Gasteiger partial charge in [-0.2, -0.15) is 4.98 Å². The van der Waals surface area contributed by atoms with Gasteiger partial charge in [-0.1, -0.05) is 35.0 Å². The number of ether oxygens (including phenoxy) is 1. The van der Waals surface area contributed by atoms with Crippen molar-refractivity contribution < 1.29 is 18.5 Å². The number of carbonyl (C=O) groups excluding carboxylic acids is 1. The SMILES string of the molecule is COc1cccc(-c2noc(C(C)NC(=O)CCc3nnc(-c4ccc(C)cc4)o3)n2)c1. The highest BCUT2D eigenvalue weighted by Crippen LogP contribution is 2.23. The van der Waals surface area contributed by atoms with Gasteiger partial charge in [-0.05, 0) is 38.1 Å². The Balaban J connectivity index is 1.32. The topological polar surface area (TPSA) is 116 Å². The molecule has 2 aromatic carbocycles. The molecule has 0 bridgehead atoms. The maximum Gasteiger partial charge on any atom is 0.249 e. The van der Waals surface area contributed by atoms with E-state index < -0.39 is 6.04 Å². The van der Waals surface area contributed by atoms with Gasteiger partial charge in [0.1, 0.15) is 11.8 Å². The van der Waals surface area contributed by atoms with Crippen LogP contribution in [-0.4, -0.2) is 33.4 Å². The van der Waals surface area contributed by atoms with Crippen LogP contribution in [0.3, 0.4) is 0 Å². The Kier molecular flexibility index (Phi) is 6.25. The molecule has 0 radical (unpaired) electrons. The first kappa shape index (κ1) is 21.2. The Hall–Kier alpha value is -4.01. The molecule has 0 aliphatic carbocycles. The fourth-order valence-electron chi connectivity index (χ4n) is 3.05. The fourth-order valence-corrected chi connectivity index (χ4v) is 3.05. The average Bonchev–Trinajstić information content (AvgIpc) is 3.48. The number of methoxy groups -OCH3 is 1. The van der Waals surface area contributed by atoms with E-state index in [1.165, 1.54) is 0 Å². The standard InChI is InChI=1S/C23H23N5O4/c1-14-7-9-16(10-8-14)23-27-26-20(31-23)12-11-19(29)24-15(2)22-25-21(28-32-22)17-5-4-6-18(13-17)30-3/h4-10,13,15H,11-12H2,1-3H3,(H,24,29). The molecule has 2 aromatic heterocycles. The molecule has 1 atom stereocenters. The van der Waals surface area contributed by atoms with Crippen molar-refractivity contribution in [2.24, 2.45) is 0 Å². The lowest BCUT2D eigenvalue weighted by atomic mass is 10.1. The van der Waals surface area contributed by atoms with Gasteiger partial charge >= 0.3 is 0 Å². The number of hydrogen-bond donors (Lipinski definition) is 1. The van der Waals surface area contributed by atoms with E-state index in [0.29, 0.717) is 35.7 Å². The summed E-state index contributed by atoms with van der Waals surface area (Å²) in [5.41, 5.74) is 2.76. The zero-order valence-corrected chi connectivity index (χ0v) is 18.0. The van der Waals surface area contributed by atoms with Crippen LogP contribution in [-0.2, 0) is 11.2 Å². The fraction of sp³-hybridized carbons (Fsp3) is 0.261. The van der Waals surface area contributed by atoms with Crippen molar-refractivity contribution in [3.63, 3.8) is 0 Å². The number of rotatable bonds is 8. The van der Waals surface area contributed by atoms with Crippen molar-refractivity contribution in [2.45, 2.75) is 32.7 Å². The largest absolute Gasteiger partial charge is 0.497 e. The van der Waals surface area contributed by atoms with E-state index in [2.05, 4.69) is 25.7 Å². The van der Waals surface area contributed by atoms with E-state index in [9.17, 15) is 4.79 Å². The van der Waals surface area contributed by atoms with Crippen LogP contribution in [0.2, 0.25) is 0 Å². The smallest absolute Gasteiger partial charge is 0.249 e. The Labute approximate surface area is 184 Å². The van der Waals surface area contributed by atoms with Crippen LogP contribution in [0.25, 0.3) is 22.8 Å². The van der Waals surface area contributed by atoms with Crippen LogP contribution < -0.4 is 10.1 Å². The van der Waals surface area contributed by atoms with Gasteiger partial charge in [-0.3, -0.25) is 4.79 Å². The molecule has 1 unspecified atom stereocenters. The second-order valence-corrected chi connectivity index (χ2v) is 7.34. The van der Waals surface area contributed by atoms with Crippen LogP contribution in [0.15, 0.2) is 57.5 Å². The van der Waals surface area contributed by atoms with E-state index in [1.807, 2.05) is 55.5 Å². The zero-order chi connectivity index (χ0) is 22.5. The van der Waals surface area contributed by atoms with Crippen molar-refractivity contribution in [3.8, 4) is 28.6 Å². The van der Waals surface area contributed by atoms with Gasteiger partial charge in [0.25, 0.3) is 0 Å². The zero-order valence-electron chi connectivity index (χ0n) is 18.0. The number of hydrogen-bond acceptors (Lipinski definition) is 8. The van der Waals surface area contributed by atoms with Crippen molar-refractivity contribution in [1.29, 1.82) is 0 Å².